The molecule has 0 radical (unpaired) electrons. The summed E-state index contributed by atoms with van der Waals surface area (Å²) >= 11 is 0. The van der Waals surface area contributed by atoms with Crippen molar-refractivity contribution in [2.24, 2.45) is 0 Å². The summed E-state index contributed by atoms with van der Waals surface area (Å²) in [5, 5.41) is 0.416. The van der Waals surface area contributed by atoms with Crippen LogP contribution in [0.2, 0.25) is 0 Å². The Balaban J connectivity index is 2.11. The number of benzene rings is 1. The zero-order chi connectivity index (χ0) is 17.4. The number of rotatable bonds is 9. The Kier molecular flexibility index (Phi) is 6.55. The molecule has 24 heavy (non-hydrogen) atoms. The lowest BCUT2D eigenvalue weighted by atomic mass is 10.1. The number of hydrogen-bond donors (Lipinski definition) is 0. The van der Waals surface area contributed by atoms with Gasteiger partial charge in [0.05, 0.1) is 6.61 Å². The molecule has 126 valence electrons. The van der Waals surface area contributed by atoms with Crippen LogP contribution in [-0.4, -0.2) is 6.61 Å². The van der Waals surface area contributed by atoms with Crippen molar-refractivity contribution in [3.8, 4) is 5.75 Å². The molecule has 1 aromatic heterocycles. The van der Waals surface area contributed by atoms with Gasteiger partial charge in [0.15, 0.2) is 11.6 Å². The number of halogens is 1. The van der Waals surface area contributed by atoms with Gasteiger partial charge < -0.3 is 9.15 Å². The van der Waals surface area contributed by atoms with Crippen LogP contribution in [-0.2, 0) is 6.42 Å². The van der Waals surface area contributed by atoms with Crippen LogP contribution in [0.4, 0.5) is 4.39 Å². The van der Waals surface area contributed by atoms with Gasteiger partial charge in [0, 0.05) is 6.42 Å². The zero-order valence-electron chi connectivity index (χ0n) is 13.6. The quantitative estimate of drug-likeness (QED) is 0.483. The van der Waals surface area contributed by atoms with E-state index in [2.05, 4.69) is 13.2 Å². The molecule has 0 bridgehead atoms. The third-order valence-electron chi connectivity index (χ3n) is 3.47. The average Bonchev–Trinajstić information content (AvgIpc) is 2.56. The maximum Gasteiger partial charge on any atom is 0.346 e. The first-order valence-electron chi connectivity index (χ1n) is 7.92. The summed E-state index contributed by atoms with van der Waals surface area (Å²) in [6.45, 7) is 7.59. The number of allylic oxidation sites excluding steroid dienone is 3. The minimum Gasteiger partial charge on any atom is -0.490 e. The lowest BCUT2D eigenvalue weighted by Gasteiger charge is -2.08. The fourth-order valence-electron chi connectivity index (χ4n) is 2.31. The van der Waals surface area contributed by atoms with Gasteiger partial charge in [0.25, 0.3) is 0 Å². The van der Waals surface area contributed by atoms with Crippen LogP contribution in [0.1, 0.15) is 25.0 Å². The van der Waals surface area contributed by atoms with Gasteiger partial charge in [-0.05, 0) is 36.8 Å². The van der Waals surface area contributed by atoms with Crippen molar-refractivity contribution < 1.29 is 13.5 Å². The average molecular weight is 328 g/mol. The minimum absolute atomic E-state index is 0.0609. The first-order chi connectivity index (χ1) is 11.7. The highest BCUT2D eigenvalue weighted by Crippen LogP contribution is 2.25. The Labute approximate surface area is 140 Å². The van der Waals surface area contributed by atoms with Crippen molar-refractivity contribution >= 4 is 10.8 Å². The predicted molar refractivity (Wildman–Crippen MR) is 95.0 cm³/mol. The third kappa shape index (κ3) is 4.44. The van der Waals surface area contributed by atoms with Gasteiger partial charge in [-0.3, -0.25) is 0 Å². The lowest BCUT2D eigenvalue weighted by Crippen LogP contribution is -2.06. The first-order valence-corrected chi connectivity index (χ1v) is 7.92. The van der Waals surface area contributed by atoms with Gasteiger partial charge >= 0.3 is 5.63 Å². The lowest BCUT2D eigenvalue weighted by molar-refractivity contribution is 0.309. The van der Waals surface area contributed by atoms with Crippen LogP contribution >= 0.6 is 0 Å². The standard InChI is InChI=1S/C20H21FO3/c1-3-5-6-7-8-9-13-23-17-12-11-15-14-16(10-4-2)24-20(22)18(15)19(17)21/h3-4,7-8,11-12,14H,1-2,5-6,9-10,13H2/b8-7+. The van der Waals surface area contributed by atoms with Gasteiger partial charge in [0.2, 0.25) is 0 Å². The molecule has 0 aliphatic heterocycles. The van der Waals surface area contributed by atoms with E-state index in [9.17, 15) is 9.18 Å². The normalized spacial score (nSPS) is 11.0. The molecule has 3 nitrogen and oxygen atoms in total. The topological polar surface area (TPSA) is 39.4 Å². The highest BCUT2D eigenvalue weighted by Gasteiger charge is 2.14. The van der Waals surface area contributed by atoms with Crippen molar-refractivity contribution in [3.05, 3.63) is 77.7 Å². The number of unbranched alkanes of at least 4 members (excludes halogenated alkanes) is 1. The van der Waals surface area contributed by atoms with Crippen LogP contribution in [0.15, 0.2) is 64.9 Å². The summed E-state index contributed by atoms with van der Waals surface area (Å²) in [4.78, 5) is 12.0. The number of hydrogen-bond acceptors (Lipinski definition) is 3. The molecule has 0 fully saturated rings. The van der Waals surface area contributed by atoms with Crippen LogP contribution in [0.3, 0.4) is 0 Å². The Morgan fingerprint density at radius 1 is 1.12 bits per heavy atom. The molecule has 0 aliphatic rings. The molecule has 2 rings (SSSR count). The minimum atomic E-state index is -0.698. The summed E-state index contributed by atoms with van der Waals surface area (Å²) in [7, 11) is 0. The van der Waals surface area contributed by atoms with Crippen LogP contribution in [0.25, 0.3) is 10.8 Å². The smallest absolute Gasteiger partial charge is 0.346 e. The van der Waals surface area contributed by atoms with Crippen molar-refractivity contribution in [2.45, 2.75) is 25.7 Å². The summed E-state index contributed by atoms with van der Waals surface area (Å²) in [6, 6.07) is 4.85. The second-order valence-electron chi connectivity index (χ2n) is 5.31. The van der Waals surface area contributed by atoms with E-state index in [4.69, 9.17) is 9.15 Å². The van der Waals surface area contributed by atoms with E-state index in [1.165, 1.54) is 6.07 Å². The van der Waals surface area contributed by atoms with E-state index >= 15 is 0 Å². The molecule has 0 N–H and O–H groups in total. The van der Waals surface area contributed by atoms with Crippen LogP contribution in [0.5, 0.6) is 5.75 Å². The molecule has 0 aliphatic carbocycles. The molecule has 0 saturated carbocycles. The largest absolute Gasteiger partial charge is 0.490 e. The third-order valence-corrected chi connectivity index (χ3v) is 3.47. The van der Waals surface area contributed by atoms with Gasteiger partial charge in [0.1, 0.15) is 11.1 Å². The van der Waals surface area contributed by atoms with E-state index in [-0.39, 0.29) is 11.1 Å². The fourth-order valence-corrected chi connectivity index (χ4v) is 2.31. The molecule has 4 heteroatoms. The Hall–Kier alpha value is -2.62. The van der Waals surface area contributed by atoms with E-state index in [0.29, 0.717) is 30.6 Å². The Morgan fingerprint density at radius 3 is 2.67 bits per heavy atom. The number of fused-ring (bicyclic) bond motifs is 1. The van der Waals surface area contributed by atoms with Gasteiger partial charge in [-0.1, -0.05) is 30.4 Å². The summed E-state index contributed by atoms with van der Waals surface area (Å²) < 4.78 is 25.0. The van der Waals surface area contributed by atoms with E-state index < -0.39 is 11.4 Å². The fraction of sp³-hybridized carbons (Fsp3) is 0.250. The van der Waals surface area contributed by atoms with Crippen LogP contribution < -0.4 is 10.4 Å². The number of ether oxygens (including phenoxy) is 1. The Morgan fingerprint density at radius 2 is 1.92 bits per heavy atom. The van der Waals surface area contributed by atoms with Gasteiger partial charge in [-0.2, -0.15) is 0 Å². The molecule has 0 spiro atoms. The van der Waals surface area contributed by atoms with Crippen molar-refractivity contribution in [3.63, 3.8) is 0 Å². The summed E-state index contributed by atoms with van der Waals surface area (Å²) in [5.41, 5.74) is -0.698. The molecule has 2 aromatic rings. The van der Waals surface area contributed by atoms with E-state index in [1.807, 2.05) is 18.2 Å². The highest BCUT2D eigenvalue weighted by atomic mass is 19.1. The van der Waals surface area contributed by atoms with Crippen molar-refractivity contribution in [2.75, 3.05) is 6.61 Å². The second-order valence-corrected chi connectivity index (χ2v) is 5.31. The second kappa shape index (κ2) is 8.87. The molecule has 1 aromatic carbocycles. The van der Waals surface area contributed by atoms with E-state index in [1.54, 1.807) is 18.2 Å². The first kappa shape index (κ1) is 17.7. The van der Waals surface area contributed by atoms with Crippen LogP contribution in [0, 0.1) is 5.82 Å². The molecule has 0 amide bonds. The van der Waals surface area contributed by atoms with E-state index in [0.717, 1.165) is 12.8 Å². The predicted octanol–water partition coefficient (Wildman–Crippen LogP) is 4.95. The zero-order valence-corrected chi connectivity index (χ0v) is 13.6. The highest BCUT2D eigenvalue weighted by molar-refractivity contribution is 5.83. The monoisotopic (exact) mass is 328 g/mol. The van der Waals surface area contributed by atoms with Gasteiger partial charge in [-0.25, -0.2) is 9.18 Å². The summed E-state index contributed by atoms with van der Waals surface area (Å²) in [6.07, 6.45) is 10.5. The maximum absolute atomic E-state index is 14.5. The summed E-state index contributed by atoms with van der Waals surface area (Å²) in [5.74, 6) is -0.159. The molecular weight excluding hydrogens is 307 g/mol. The SMILES string of the molecule is C=CCC/C=C/CCOc1ccc2cc(CC=C)oc(=O)c2c1F. The molecular formula is C20H21FO3. The van der Waals surface area contributed by atoms with Crippen molar-refractivity contribution in [1.82, 2.24) is 0 Å². The molecule has 0 atom stereocenters. The molecule has 1 heterocycles. The molecule has 0 saturated heterocycles. The van der Waals surface area contributed by atoms with Gasteiger partial charge in [-0.15, -0.1) is 13.2 Å². The maximum atomic E-state index is 14.5. The molecule has 0 unspecified atom stereocenters. The van der Waals surface area contributed by atoms with Crippen molar-refractivity contribution in [1.29, 1.82) is 0 Å². The Bertz CT molecular complexity index is 802.